The van der Waals surface area contributed by atoms with Crippen molar-refractivity contribution in [3.63, 3.8) is 0 Å². The highest BCUT2D eigenvalue weighted by Crippen LogP contribution is 2.35. The van der Waals surface area contributed by atoms with Gasteiger partial charge >= 0.3 is 0 Å². The quantitative estimate of drug-likeness (QED) is 0.402. The smallest absolute Gasteiger partial charge is 0.247 e. The third kappa shape index (κ3) is 3.46. The Labute approximate surface area is 162 Å². The fourth-order valence-corrected chi connectivity index (χ4v) is 3.30. The first-order chi connectivity index (χ1) is 13.5. The van der Waals surface area contributed by atoms with E-state index in [1.54, 1.807) is 30.3 Å². The summed E-state index contributed by atoms with van der Waals surface area (Å²) in [5, 5.41) is 16.1. The van der Waals surface area contributed by atoms with Crippen molar-refractivity contribution in [2.75, 3.05) is 5.84 Å². The predicted octanol–water partition coefficient (Wildman–Crippen LogP) is 3.84. The zero-order chi connectivity index (χ0) is 19.7. The number of rotatable bonds is 5. The molecule has 7 nitrogen and oxygen atoms in total. The normalized spacial score (nSPS) is 12.2. The first-order valence-electron chi connectivity index (χ1n) is 8.24. The molecule has 0 aliphatic heterocycles. The monoisotopic (exact) mass is 400 g/mol. The summed E-state index contributed by atoms with van der Waals surface area (Å²) in [7, 11) is 0. The van der Waals surface area contributed by atoms with Gasteiger partial charge in [-0.15, -0.1) is 20.4 Å². The second kappa shape index (κ2) is 7.39. The number of hydrogen-bond acceptors (Lipinski definition) is 7. The summed E-state index contributed by atoms with van der Waals surface area (Å²) in [5.41, 5.74) is 0.870. The summed E-state index contributed by atoms with van der Waals surface area (Å²) >= 11 is 1.24. The second-order valence-electron chi connectivity index (χ2n) is 5.87. The predicted molar refractivity (Wildman–Crippen MR) is 99.5 cm³/mol. The van der Waals surface area contributed by atoms with Crippen molar-refractivity contribution < 1.29 is 13.2 Å². The summed E-state index contributed by atoms with van der Waals surface area (Å²) in [6.45, 7) is 1.84. The zero-order valence-corrected chi connectivity index (χ0v) is 15.4. The lowest BCUT2D eigenvalue weighted by Crippen LogP contribution is -2.12. The van der Waals surface area contributed by atoms with Crippen molar-refractivity contribution in [1.82, 2.24) is 25.1 Å². The van der Waals surface area contributed by atoms with Crippen molar-refractivity contribution >= 4 is 11.8 Å². The van der Waals surface area contributed by atoms with Gasteiger partial charge in [-0.05, 0) is 43.3 Å². The zero-order valence-electron chi connectivity index (χ0n) is 14.6. The van der Waals surface area contributed by atoms with Gasteiger partial charge < -0.3 is 10.3 Å². The lowest BCUT2D eigenvalue weighted by molar-refractivity contribution is 0.508. The van der Waals surface area contributed by atoms with E-state index in [4.69, 9.17) is 10.3 Å². The lowest BCUT2D eigenvalue weighted by atomic mass is 10.2. The molecule has 0 fully saturated rings. The average Bonchev–Trinajstić information content (AvgIpc) is 3.31. The summed E-state index contributed by atoms with van der Waals surface area (Å²) in [5.74, 6) is 6.10. The topological polar surface area (TPSA) is 95.7 Å². The Morgan fingerprint density at radius 1 is 1.00 bits per heavy atom. The van der Waals surface area contributed by atoms with Crippen LogP contribution < -0.4 is 5.84 Å². The highest BCUT2D eigenvalue weighted by atomic mass is 32.2. The Bertz CT molecular complexity index is 1110. The minimum atomic E-state index is -0.438. The largest absolute Gasteiger partial charge is 0.419 e. The van der Waals surface area contributed by atoms with Gasteiger partial charge in [0.2, 0.25) is 16.9 Å². The molecule has 28 heavy (non-hydrogen) atoms. The van der Waals surface area contributed by atoms with Gasteiger partial charge in [-0.1, -0.05) is 23.9 Å². The number of aromatic nitrogens is 5. The van der Waals surface area contributed by atoms with Crippen LogP contribution in [0, 0.1) is 11.6 Å². The van der Waals surface area contributed by atoms with Crippen LogP contribution in [0.5, 0.6) is 0 Å². The minimum absolute atomic E-state index is 0.213. The summed E-state index contributed by atoms with van der Waals surface area (Å²) in [4.78, 5) is 0. The van der Waals surface area contributed by atoms with Gasteiger partial charge in [-0.3, -0.25) is 0 Å². The molecule has 2 aromatic heterocycles. The Morgan fingerprint density at radius 2 is 1.75 bits per heavy atom. The average molecular weight is 400 g/mol. The van der Waals surface area contributed by atoms with E-state index in [-0.39, 0.29) is 28.3 Å². The van der Waals surface area contributed by atoms with Crippen LogP contribution >= 0.6 is 11.8 Å². The van der Waals surface area contributed by atoms with E-state index in [9.17, 15) is 8.78 Å². The van der Waals surface area contributed by atoms with E-state index < -0.39 is 5.82 Å². The van der Waals surface area contributed by atoms with E-state index in [2.05, 4.69) is 20.4 Å². The van der Waals surface area contributed by atoms with Crippen LogP contribution in [0.15, 0.2) is 58.1 Å². The maximum Gasteiger partial charge on any atom is 0.247 e. The molecule has 1 atom stereocenters. The van der Waals surface area contributed by atoms with Gasteiger partial charge in [0.05, 0.1) is 10.8 Å². The molecule has 0 bridgehead atoms. The van der Waals surface area contributed by atoms with Crippen molar-refractivity contribution in [2.24, 2.45) is 0 Å². The molecule has 0 aliphatic rings. The van der Waals surface area contributed by atoms with Crippen LogP contribution in [0.3, 0.4) is 0 Å². The number of hydrogen-bond donors (Lipinski definition) is 1. The van der Waals surface area contributed by atoms with E-state index in [0.717, 1.165) is 0 Å². The molecule has 0 amide bonds. The SMILES string of the molecule is C[C@@H](Sc1nnc(-c2ccccc2F)n1N)c1nnc(-c2ccc(F)cc2)o1. The molecule has 4 rings (SSSR count). The van der Waals surface area contributed by atoms with Crippen LogP contribution in [0.4, 0.5) is 8.78 Å². The molecular weight excluding hydrogens is 386 g/mol. The van der Waals surface area contributed by atoms with Crippen LogP contribution in [0.25, 0.3) is 22.8 Å². The molecule has 2 aromatic carbocycles. The van der Waals surface area contributed by atoms with Gasteiger partial charge in [0, 0.05) is 5.56 Å². The fourth-order valence-electron chi connectivity index (χ4n) is 2.50. The number of nitrogens with two attached hydrogens (primary N) is 1. The first-order valence-corrected chi connectivity index (χ1v) is 9.12. The minimum Gasteiger partial charge on any atom is -0.419 e. The van der Waals surface area contributed by atoms with Crippen molar-refractivity contribution in [3.8, 4) is 22.8 Å². The molecule has 0 radical (unpaired) electrons. The standard InChI is InChI=1S/C18H14F2N6OS/c1-10(16-23-24-17(27-16)11-6-8-12(19)9-7-11)28-18-25-22-15(26(18)21)13-4-2-3-5-14(13)20/h2-10H,21H2,1H3/t10-/m1/s1. The third-order valence-electron chi connectivity index (χ3n) is 3.94. The molecule has 2 N–H and O–H groups in total. The van der Waals surface area contributed by atoms with Gasteiger partial charge in [0.15, 0.2) is 5.82 Å². The molecule has 142 valence electrons. The highest BCUT2D eigenvalue weighted by molar-refractivity contribution is 7.99. The molecule has 0 aliphatic carbocycles. The number of benzene rings is 2. The molecule has 2 heterocycles. The van der Waals surface area contributed by atoms with Gasteiger partial charge in [-0.25, -0.2) is 13.5 Å². The Balaban J connectivity index is 1.54. The lowest BCUT2D eigenvalue weighted by Gasteiger charge is -2.07. The Hall–Kier alpha value is -3.27. The first kappa shape index (κ1) is 18.1. The second-order valence-corrected chi connectivity index (χ2v) is 7.18. The maximum atomic E-state index is 14.0. The molecule has 0 unspecified atom stereocenters. The van der Waals surface area contributed by atoms with Crippen molar-refractivity contribution in [3.05, 3.63) is 66.1 Å². The highest BCUT2D eigenvalue weighted by Gasteiger charge is 2.21. The van der Waals surface area contributed by atoms with Gasteiger partial charge in [0.1, 0.15) is 11.6 Å². The van der Waals surface area contributed by atoms with Crippen molar-refractivity contribution in [1.29, 1.82) is 0 Å². The number of halogens is 2. The molecule has 10 heteroatoms. The molecule has 0 saturated carbocycles. The summed E-state index contributed by atoms with van der Waals surface area (Å²) in [6.07, 6.45) is 0. The molecule has 0 saturated heterocycles. The van der Waals surface area contributed by atoms with Crippen LogP contribution in [0.2, 0.25) is 0 Å². The maximum absolute atomic E-state index is 14.0. The third-order valence-corrected chi connectivity index (χ3v) is 4.99. The van der Waals surface area contributed by atoms with E-state index in [0.29, 0.717) is 16.6 Å². The Kier molecular flexibility index (Phi) is 4.78. The summed E-state index contributed by atoms with van der Waals surface area (Å²) < 4.78 is 33.9. The number of thioether (sulfide) groups is 1. The Morgan fingerprint density at radius 3 is 2.50 bits per heavy atom. The van der Waals surface area contributed by atoms with Crippen LogP contribution in [-0.4, -0.2) is 25.1 Å². The molecular formula is C18H14F2N6OS. The number of nitrogen functional groups attached to an aromatic ring is 1. The van der Waals surface area contributed by atoms with Gasteiger partial charge in [0.25, 0.3) is 0 Å². The van der Waals surface area contributed by atoms with E-state index in [1.165, 1.54) is 34.6 Å². The van der Waals surface area contributed by atoms with Crippen LogP contribution in [0.1, 0.15) is 18.1 Å². The number of nitrogens with zero attached hydrogens (tertiary/aromatic N) is 5. The van der Waals surface area contributed by atoms with Crippen LogP contribution in [-0.2, 0) is 0 Å². The summed E-state index contributed by atoms with van der Waals surface area (Å²) in [6, 6.07) is 11.9. The fraction of sp³-hybridized carbons (Fsp3) is 0.111. The van der Waals surface area contributed by atoms with E-state index in [1.807, 2.05) is 6.92 Å². The molecule has 4 aromatic rings. The molecule has 0 spiro atoms. The van der Waals surface area contributed by atoms with Crippen molar-refractivity contribution in [2.45, 2.75) is 17.3 Å². The van der Waals surface area contributed by atoms with Gasteiger partial charge in [-0.2, -0.15) is 0 Å². The van der Waals surface area contributed by atoms with E-state index >= 15 is 0 Å².